The summed E-state index contributed by atoms with van der Waals surface area (Å²) < 4.78 is 25.8. The minimum atomic E-state index is -0.596. The number of para-hydroxylation sites is 1. The maximum absolute atomic E-state index is 14.7. The van der Waals surface area contributed by atoms with E-state index in [9.17, 15) is 9.18 Å². The molecule has 1 heterocycles. The molecule has 1 N–H and O–H groups in total. The lowest BCUT2D eigenvalue weighted by Gasteiger charge is -2.32. The largest absolute Gasteiger partial charge is 0.497 e. The van der Waals surface area contributed by atoms with Gasteiger partial charge in [-0.25, -0.2) is 4.39 Å². The maximum Gasteiger partial charge on any atom is 0.223 e. The Balaban J connectivity index is 1.35. The monoisotopic (exact) mass is 496 g/mol. The molecule has 1 aliphatic heterocycles. The van der Waals surface area contributed by atoms with Crippen molar-refractivity contribution in [2.24, 2.45) is 5.92 Å². The van der Waals surface area contributed by atoms with Crippen molar-refractivity contribution in [3.05, 3.63) is 94.8 Å². The summed E-state index contributed by atoms with van der Waals surface area (Å²) in [6.45, 7) is 2.90. The predicted molar refractivity (Wildman–Crippen MR) is 135 cm³/mol. The fraction of sp³-hybridized carbons (Fsp3) is 0.321. The van der Waals surface area contributed by atoms with Gasteiger partial charge in [-0.05, 0) is 61.8 Å². The molecule has 35 heavy (non-hydrogen) atoms. The van der Waals surface area contributed by atoms with Crippen LogP contribution < -0.4 is 14.8 Å². The average molecular weight is 497 g/mol. The van der Waals surface area contributed by atoms with Crippen molar-refractivity contribution in [1.29, 1.82) is 0 Å². The zero-order valence-electron chi connectivity index (χ0n) is 19.8. The van der Waals surface area contributed by atoms with E-state index in [0.717, 1.165) is 38.0 Å². The Labute approximate surface area is 210 Å². The molecule has 5 nitrogen and oxygen atoms in total. The third-order valence-electron chi connectivity index (χ3n) is 6.39. The number of nitrogens with zero attached hydrogens (tertiary/aromatic N) is 1. The van der Waals surface area contributed by atoms with Crippen LogP contribution in [0.5, 0.6) is 11.5 Å². The molecule has 0 bridgehead atoms. The molecule has 0 radical (unpaired) electrons. The second-order valence-corrected chi connectivity index (χ2v) is 9.04. The van der Waals surface area contributed by atoms with Crippen molar-refractivity contribution in [3.63, 3.8) is 0 Å². The van der Waals surface area contributed by atoms with E-state index >= 15 is 0 Å². The van der Waals surface area contributed by atoms with Gasteiger partial charge in [-0.2, -0.15) is 0 Å². The molecule has 7 heteroatoms. The number of piperidine rings is 1. The fourth-order valence-corrected chi connectivity index (χ4v) is 4.59. The van der Waals surface area contributed by atoms with Gasteiger partial charge in [0.05, 0.1) is 18.2 Å². The second-order valence-electron chi connectivity index (χ2n) is 8.63. The normalized spacial score (nSPS) is 15.4. The van der Waals surface area contributed by atoms with Gasteiger partial charge in [0.25, 0.3) is 0 Å². The van der Waals surface area contributed by atoms with Crippen LogP contribution in [0.2, 0.25) is 5.02 Å². The third-order valence-corrected chi connectivity index (χ3v) is 6.70. The number of hydrogen-bond acceptors (Lipinski definition) is 4. The Morgan fingerprint density at radius 1 is 1.09 bits per heavy atom. The average Bonchev–Trinajstić information content (AvgIpc) is 2.89. The molecule has 0 unspecified atom stereocenters. The Morgan fingerprint density at radius 3 is 2.57 bits per heavy atom. The van der Waals surface area contributed by atoms with Crippen molar-refractivity contribution in [2.75, 3.05) is 33.4 Å². The summed E-state index contributed by atoms with van der Waals surface area (Å²) in [6, 6.07) is 20.8. The number of hydrogen-bond donors (Lipinski definition) is 1. The molecule has 0 aromatic heterocycles. The summed E-state index contributed by atoms with van der Waals surface area (Å²) >= 11 is 6.14. The molecule has 184 valence electrons. The van der Waals surface area contributed by atoms with Crippen molar-refractivity contribution < 1.29 is 18.7 Å². The van der Waals surface area contributed by atoms with Gasteiger partial charge in [0.1, 0.15) is 23.9 Å². The molecule has 1 aliphatic rings. The Hall–Kier alpha value is -3.09. The maximum atomic E-state index is 14.7. The molecule has 1 saturated heterocycles. The van der Waals surface area contributed by atoms with Crippen LogP contribution in [-0.4, -0.2) is 44.2 Å². The number of methoxy groups -OCH3 is 1. The lowest BCUT2D eigenvalue weighted by atomic mass is 9.93. The topological polar surface area (TPSA) is 50.8 Å². The Bertz CT molecular complexity index is 1130. The molecule has 1 amide bonds. The highest BCUT2D eigenvalue weighted by atomic mass is 35.5. The van der Waals surface area contributed by atoms with E-state index in [1.54, 1.807) is 31.4 Å². The summed E-state index contributed by atoms with van der Waals surface area (Å²) in [6.07, 6.45) is 1.47. The molecule has 3 aromatic rings. The number of amides is 1. The quantitative estimate of drug-likeness (QED) is 0.426. The van der Waals surface area contributed by atoms with Gasteiger partial charge >= 0.3 is 0 Å². The van der Waals surface area contributed by atoms with Gasteiger partial charge in [0.15, 0.2) is 0 Å². The third kappa shape index (κ3) is 6.53. The number of carbonyl (C=O) groups excluding carboxylic acids is 1. The first-order chi connectivity index (χ1) is 17.0. The first-order valence-corrected chi connectivity index (χ1v) is 12.2. The molecule has 0 spiro atoms. The number of ether oxygens (including phenoxy) is 2. The fourth-order valence-electron chi connectivity index (χ4n) is 4.40. The van der Waals surface area contributed by atoms with Crippen LogP contribution in [-0.2, 0) is 4.79 Å². The second kappa shape index (κ2) is 12.0. The summed E-state index contributed by atoms with van der Waals surface area (Å²) in [4.78, 5) is 15.5. The van der Waals surface area contributed by atoms with Gasteiger partial charge in [-0.1, -0.05) is 54.1 Å². The first kappa shape index (κ1) is 25.0. The van der Waals surface area contributed by atoms with Crippen LogP contribution in [0.15, 0.2) is 72.8 Å². The SMILES string of the molecule is COc1cccc([C@H](NC(=O)C2CCN(CCOc3ccccc3Cl)CC2)c2ccccc2F)c1. The summed E-state index contributed by atoms with van der Waals surface area (Å²) in [5.74, 6) is 0.795. The number of carbonyl (C=O) groups is 1. The smallest absolute Gasteiger partial charge is 0.223 e. The van der Waals surface area contributed by atoms with E-state index in [0.29, 0.717) is 28.7 Å². The Morgan fingerprint density at radius 2 is 1.83 bits per heavy atom. The number of benzene rings is 3. The van der Waals surface area contributed by atoms with E-state index < -0.39 is 6.04 Å². The van der Waals surface area contributed by atoms with Gasteiger partial charge in [-0.3, -0.25) is 9.69 Å². The zero-order valence-corrected chi connectivity index (χ0v) is 20.5. The van der Waals surface area contributed by atoms with Crippen molar-refractivity contribution in [1.82, 2.24) is 10.2 Å². The summed E-state index contributed by atoms with van der Waals surface area (Å²) in [7, 11) is 1.59. The van der Waals surface area contributed by atoms with Gasteiger partial charge in [0, 0.05) is 18.0 Å². The Kier molecular flexibility index (Phi) is 8.61. The van der Waals surface area contributed by atoms with Crippen LogP contribution in [0.3, 0.4) is 0 Å². The highest BCUT2D eigenvalue weighted by Gasteiger charge is 2.28. The molecule has 1 fully saturated rings. The number of halogens is 2. The molecule has 0 saturated carbocycles. The standard InChI is InChI=1S/C28H30ClFN2O3/c1-34-22-8-6-7-21(19-22)27(23-9-2-4-11-25(23)30)31-28(33)20-13-15-32(16-14-20)17-18-35-26-12-5-3-10-24(26)29/h2-12,19-20,27H,13-18H2,1H3,(H,31,33)/t27-/m0/s1. The van der Waals surface area contributed by atoms with Crippen LogP contribution in [0.1, 0.15) is 30.0 Å². The van der Waals surface area contributed by atoms with Crippen molar-refractivity contribution in [3.8, 4) is 11.5 Å². The zero-order chi connectivity index (χ0) is 24.6. The molecule has 1 atom stereocenters. The molecule has 3 aromatic carbocycles. The minimum absolute atomic E-state index is 0.0620. The van der Waals surface area contributed by atoms with Crippen molar-refractivity contribution in [2.45, 2.75) is 18.9 Å². The van der Waals surface area contributed by atoms with Gasteiger partial charge in [0.2, 0.25) is 5.91 Å². The number of likely N-dealkylation sites (tertiary alicyclic amines) is 1. The molecule has 4 rings (SSSR count). The minimum Gasteiger partial charge on any atom is -0.497 e. The number of nitrogens with one attached hydrogen (secondary N) is 1. The van der Waals surface area contributed by atoms with E-state index in [4.69, 9.17) is 21.1 Å². The van der Waals surface area contributed by atoms with Gasteiger partial charge < -0.3 is 14.8 Å². The molecular weight excluding hydrogens is 467 g/mol. The van der Waals surface area contributed by atoms with E-state index in [1.807, 2.05) is 42.5 Å². The first-order valence-electron chi connectivity index (χ1n) is 11.8. The summed E-state index contributed by atoms with van der Waals surface area (Å²) in [5, 5.41) is 3.71. The van der Waals surface area contributed by atoms with E-state index in [-0.39, 0.29) is 17.6 Å². The van der Waals surface area contributed by atoms with Crippen LogP contribution in [0.4, 0.5) is 4.39 Å². The van der Waals surface area contributed by atoms with Crippen LogP contribution >= 0.6 is 11.6 Å². The van der Waals surface area contributed by atoms with Crippen LogP contribution in [0.25, 0.3) is 0 Å². The lowest BCUT2D eigenvalue weighted by Crippen LogP contribution is -2.43. The lowest BCUT2D eigenvalue weighted by molar-refractivity contribution is -0.127. The van der Waals surface area contributed by atoms with Crippen molar-refractivity contribution >= 4 is 17.5 Å². The van der Waals surface area contributed by atoms with Crippen LogP contribution in [0, 0.1) is 11.7 Å². The van der Waals surface area contributed by atoms with Gasteiger partial charge in [-0.15, -0.1) is 0 Å². The summed E-state index contributed by atoms with van der Waals surface area (Å²) in [5.41, 5.74) is 1.21. The number of rotatable bonds is 9. The molecular formula is C28H30ClFN2O3. The highest BCUT2D eigenvalue weighted by Crippen LogP contribution is 2.29. The predicted octanol–water partition coefficient (Wildman–Crippen LogP) is 5.48. The van der Waals surface area contributed by atoms with E-state index in [2.05, 4.69) is 10.2 Å². The van der Waals surface area contributed by atoms with E-state index in [1.165, 1.54) is 6.07 Å². The highest BCUT2D eigenvalue weighted by molar-refractivity contribution is 6.32. The molecule has 0 aliphatic carbocycles.